The van der Waals surface area contributed by atoms with E-state index in [0.717, 1.165) is 0 Å². The molecule has 0 aliphatic rings. The molecule has 0 saturated carbocycles. The zero-order chi connectivity index (χ0) is 14.2. The van der Waals surface area contributed by atoms with Gasteiger partial charge in [-0.05, 0) is 29.9 Å². The number of fused-ring (bicyclic) bond motifs is 2. The highest BCUT2D eigenvalue weighted by Gasteiger charge is 2.18. The molecule has 0 amide bonds. The number of rotatable bonds is 3. The lowest BCUT2D eigenvalue weighted by Crippen LogP contribution is -2.17. The van der Waals surface area contributed by atoms with Crippen LogP contribution in [0, 0.1) is 0 Å². The molecular weight excluding hydrogens is 296 g/mol. The third kappa shape index (κ3) is 2.16. The van der Waals surface area contributed by atoms with Crippen LogP contribution in [0.4, 0.5) is 0 Å². The van der Waals surface area contributed by atoms with Crippen molar-refractivity contribution in [2.75, 3.05) is 7.05 Å². The van der Waals surface area contributed by atoms with Crippen LogP contribution in [0.1, 0.15) is 16.5 Å². The molecule has 3 aromatic heterocycles. The first-order valence-corrected chi connectivity index (χ1v) is 8.53. The Morgan fingerprint density at radius 2 is 2.00 bits per heavy atom. The first kappa shape index (κ1) is 13.0. The molecule has 0 spiro atoms. The van der Waals surface area contributed by atoms with Gasteiger partial charge in [0.1, 0.15) is 0 Å². The highest BCUT2D eigenvalue weighted by atomic mass is 32.1. The van der Waals surface area contributed by atoms with Crippen molar-refractivity contribution in [2.45, 2.75) is 6.04 Å². The molecule has 0 aliphatic carbocycles. The van der Waals surface area contributed by atoms with Crippen LogP contribution in [0.25, 0.3) is 20.2 Å². The van der Waals surface area contributed by atoms with E-state index in [2.05, 4.69) is 52.1 Å². The molecule has 4 heteroatoms. The molecule has 0 bridgehead atoms. The van der Waals surface area contributed by atoms with Gasteiger partial charge in [-0.2, -0.15) is 0 Å². The minimum Gasteiger partial charge on any atom is -0.309 e. The van der Waals surface area contributed by atoms with E-state index >= 15 is 0 Å². The van der Waals surface area contributed by atoms with Gasteiger partial charge >= 0.3 is 0 Å². The maximum Gasteiger partial charge on any atom is 0.0690 e. The van der Waals surface area contributed by atoms with Crippen LogP contribution in [0.15, 0.2) is 54.2 Å². The quantitative estimate of drug-likeness (QED) is 0.587. The van der Waals surface area contributed by atoms with Crippen molar-refractivity contribution in [1.82, 2.24) is 10.3 Å². The summed E-state index contributed by atoms with van der Waals surface area (Å²) < 4.78 is 2.73. The highest BCUT2D eigenvalue weighted by Crippen LogP contribution is 2.37. The highest BCUT2D eigenvalue weighted by molar-refractivity contribution is 7.27. The second kappa shape index (κ2) is 5.22. The number of nitrogens with zero attached hydrogens (tertiary/aromatic N) is 1. The summed E-state index contributed by atoms with van der Waals surface area (Å²) in [4.78, 5) is 5.76. The third-order valence-corrected chi connectivity index (χ3v) is 5.90. The fourth-order valence-electron chi connectivity index (χ4n) is 2.75. The van der Waals surface area contributed by atoms with Gasteiger partial charge in [-0.1, -0.05) is 24.3 Å². The first-order chi connectivity index (χ1) is 10.4. The first-order valence-electron chi connectivity index (χ1n) is 6.83. The minimum atomic E-state index is 0.188. The lowest BCUT2D eigenvalue weighted by molar-refractivity contribution is 0.707. The fourth-order valence-corrected chi connectivity index (χ4v) is 5.00. The van der Waals surface area contributed by atoms with Crippen molar-refractivity contribution in [3.63, 3.8) is 0 Å². The van der Waals surface area contributed by atoms with E-state index < -0.39 is 0 Å². The van der Waals surface area contributed by atoms with Crippen molar-refractivity contribution >= 4 is 42.8 Å². The number of benzene rings is 1. The summed E-state index contributed by atoms with van der Waals surface area (Å²) in [6.45, 7) is 0. The maximum absolute atomic E-state index is 4.42. The monoisotopic (exact) mass is 310 g/mol. The summed E-state index contributed by atoms with van der Waals surface area (Å²) in [6, 6.07) is 13.1. The van der Waals surface area contributed by atoms with Crippen LogP contribution in [0.2, 0.25) is 0 Å². The second-order valence-electron chi connectivity index (χ2n) is 4.97. The lowest BCUT2D eigenvalue weighted by Gasteiger charge is -2.16. The Kier molecular flexibility index (Phi) is 3.22. The summed E-state index contributed by atoms with van der Waals surface area (Å²) >= 11 is 3.66. The summed E-state index contributed by atoms with van der Waals surface area (Å²) in [5.41, 5.74) is 1.24. The number of nitrogens with one attached hydrogen (secondary N) is 1. The Morgan fingerprint density at radius 3 is 2.86 bits per heavy atom. The Bertz CT molecular complexity index is 873. The number of pyridine rings is 1. The van der Waals surface area contributed by atoms with E-state index in [0.29, 0.717) is 0 Å². The third-order valence-electron chi connectivity index (χ3n) is 3.74. The second-order valence-corrected chi connectivity index (χ2v) is 7.03. The van der Waals surface area contributed by atoms with Crippen LogP contribution >= 0.6 is 22.7 Å². The van der Waals surface area contributed by atoms with Crippen molar-refractivity contribution in [1.29, 1.82) is 0 Å². The zero-order valence-corrected chi connectivity index (χ0v) is 13.2. The van der Waals surface area contributed by atoms with E-state index in [1.54, 1.807) is 11.3 Å². The molecule has 0 saturated heterocycles. The van der Waals surface area contributed by atoms with Crippen molar-refractivity contribution < 1.29 is 0 Å². The normalized spacial score (nSPS) is 13.0. The Balaban J connectivity index is 1.90. The van der Waals surface area contributed by atoms with Gasteiger partial charge in [0, 0.05) is 37.6 Å². The summed E-state index contributed by atoms with van der Waals surface area (Å²) in [6.07, 6.45) is 3.91. The number of hydrogen-bond donors (Lipinski definition) is 1. The Morgan fingerprint density at radius 1 is 1.10 bits per heavy atom. The van der Waals surface area contributed by atoms with Gasteiger partial charge in [0.25, 0.3) is 0 Å². The van der Waals surface area contributed by atoms with Crippen molar-refractivity contribution in [3.8, 4) is 0 Å². The van der Waals surface area contributed by atoms with Crippen LogP contribution in [-0.4, -0.2) is 12.0 Å². The molecule has 104 valence electrons. The average Bonchev–Trinajstić information content (AvgIpc) is 3.10. The SMILES string of the molecule is CNC(c1cc2sccc2s1)c1cncc2ccccc12. The Hall–Kier alpha value is -1.75. The summed E-state index contributed by atoms with van der Waals surface area (Å²) in [7, 11) is 2.01. The molecule has 0 aliphatic heterocycles. The molecule has 1 atom stereocenters. The molecule has 2 nitrogen and oxygen atoms in total. The fraction of sp³-hybridized carbons (Fsp3) is 0.118. The van der Waals surface area contributed by atoms with Gasteiger partial charge in [0.15, 0.2) is 0 Å². The topological polar surface area (TPSA) is 24.9 Å². The molecule has 1 unspecified atom stereocenters. The van der Waals surface area contributed by atoms with E-state index in [1.807, 2.05) is 30.8 Å². The predicted molar refractivity (Wildman–Crippen MR) is 92.3 cm³/mol. The van der Waals surface area contributed by atoms with Crippen LogP contribution < -0.4 is 5.32 Å². The maximum atomic E-state index is 4.42. The standard InChI is InChI=1S/C17H14N2S2/c1-18-17(16-8-15-14(21-16)6-7-20-15)13-10-19-9-11-4-2-3-5-12(11)13/h2-10,17-18H,1H3. The number of hydrogen-bond acceptors (Lipinski definition) is 4. The van der Waals surface area contributed by atoms with E-state index in [1.165, 1.54) is 30.6 Å². The van der Waals surface area contributed by atoms with Gasteiger partial charge in [-0.3, -0.25) is 4.98 Å². The largest absolute Gasteiger partial charge is 0.309 e. The lowest BCUT2D eigenvalue weighted by atomic mass is 10.0. The van der Waals surface area contributed by atoms with Crippen molar-refractivity contribution in [2.24, 2.45) is 0 Å². The van der Waals surface area contributed by atoms with Gasteiger partial charge < -0.3 is 5.32 Å². The van der Waals surface area contributed by atoms with Crippen LogP contribution in [0.3, 0.4) is 0 Å². The smallest absolute Gasteiger partial charge is 0.0690 e. The van der Waals surface area contributed by atoms with Crippen LogP contribution in [0.5, 0.6) is 0 Å². The molecule has 21 heavy (non-hydrogen) atoms. The zero-order valence-electron chi connectivity index (χ0n) is 11.5. The molecule has 0 fully saturated rings. The number of thiophene rings is 2. The van der Waals surface area contributed by atoms with E-state index in [-0.39, 0.29) is 6.04 Å². The molecule has 0 radical (unpaired) electrons. The number of aromatic nitrogens is 1. The minimum absolute atomic E-state index is 0.188. The van der Waals surface area contributed by atoms with Crippen LogP contribution in [-0.2, 0) is 0 Å². The molecule has 1 N–H and O–H groups in total. The molecule has 4 rings (SSSR count). The van der Waals surface area contributed by atoms with E-state index in [4.69, 9.17) is 0 Å². The van der Waals surface area contributed by atoms with Gasteiger partial charge in [0.05, 0.1) is 6.04 Å². The molecular formula is C17H14N2S2. The summed E-state index contributed by atoms with van der Waals surface area (Å²) in [5.74, 6) is 0. The van der Waals surface area contributed by atoms with E-state index in [9.17, 15) is 0 Å². The average molecular weight is 310 g/mol. The molecule has 1 aromatic carbocycles. The molecule has 4 aromatic rings. The summed E-state index contributed by atoms with van der Waals surface area (Å²) in [5, 5.41) is 8.06. The van der Waals surface area contributed by atoms with Gasteiger partial charge in [0.2, 0.25) is 0 Å². The van der Waals surface area contributed by atoms with Gasteiger partial charge in [-0.25, -0.2) is 0 Å². The predicted octanol–water partition coefficient (Wildman–Crippen LogP) is 4.82. The van der Waals surface area contributed by atoms with Gasteiger partial charge in [-0.15, -0.1) is 22.7 Å². The molecule has 3 heterocycles. The van der Waals surface area contributed by atoms with Crippen molar-refractivity contribution in [3.05, 3.63) is 64.6 Å². The Labute approximate surface area is 131 Å².